The highest BCUT2D eigenvalue weighted by molar-refractivity contribution is 4.45. The van der Waals surface area contributed by atoms with Crippen molar-refractivity contribution in [1.82, 2.24) is 4.90 Å². The van der Waals surface area contributed by atoms with E-state index in [2.05, 4.69) is 39.9 Å². The highest BCUT2D eigenvalue weighted by Gasteiger charge is 2.11. The molecule has 0 aliphatic rings. The zero-order valence-corrected chi connectivity index (χ0v) is 8.72. The molecule has 0 aromatic carbocycles. The summed E-state index contributed by atoms with van der Waals surface area (Å²) >= 11 is 0. The lowest BCUT2D eigenvalue weighted by atomic mass is 10.4. The highest BCUT2D eigenvalue weighted by Crippen LogP contribution is 1.95. The van der Waals surface area contributed by atoms with Crippen molar-refractivity contribution in [1.29, 1.82) is 0 Å². The summed E-state index contributed by atoms with van der Waals surface area (Å²) in [4.78, 5) is 2.36. The molecule has 0 aliphatic heterocycles. The summed E-state index contributed by atoms with van der Waals surface area (Å²) < 4.78 is 1.13. The third kappa shape index (κ3) is 5.22. The minimum absolute atomic E-state index is 1.13. The van der Waals surface area contributed by atoms with Gasteiger partial charge in [0.1, 0.15) is 0 Å². The molecule has 0 aromatic heterocycles. The molecule has 2 heteroatoms. The molecule has 0 aromatic rings. The summed E-state index contributed by atoms with van der Waals surface area (Å²) in [7, 11) is 6.74. The number of nitrogens with zero attached hydrogens (tertiary/aromatic N) is 2. The van der Waals surface area contributed by atoms with E-state index in [9.17, 15) is 0 Å². The average Bonchev–Trinajstić information content (AvgIpc) is 2.00. The van der Waals surface area contributed by atoms with Crippen LogP contribution in [0.3, 0.4) is 0 Å². The number of likely N-dealkylation sites (N-methyl/N-ethyl adjacent to an activating group) is 2. The Morgan fingerprint density at radius 3 is 2.09 bits per heavy atom. The summed E-state index contributed by atoms with van der Waals surface area (Å²) in [6, 6.07) is 0. The van der Waals surface area contributed by atoms with E-state index in [0.717, 1.165) is 11.0 Å². The van der Waals surface area contributed by atoms with Gasteiger partial charge in [0.25, 0.3) is 0 Å². The second kappa shape index (κ2) is 4.73. The third-order valence-electron chi connectivity index (χ3n) is 2.48. The molecular weight excluding hydrogens is 136 g/mol. The summed E-state index contributed by atoms with van der Waals surface area (Å²) in [5.41, 5.74) is 0. The fourth-order valence-electron chi connectivity index (χ4n) is 0.758. The number of hydrogen-bond donors (Lipinski definition) is 0. The van der Waals surface area contributed by atoms with Crippen molar-refractivity contribution in [2.75, 3.05) is 47.3 Å². The Balaban J connectivity index is 3.52. The summed E-state index contributed by atoms with van der Waals surface area (Å²) in [5.74, 6) is 0. The summed E-state index contributed by atoms with van der Waals surface area (Å²) in [5, 5.41) is 0. The van der Waals surface area contributed by atoms with Crippen molar-refractivity contribution in [2.24, 2.45) is 0 Å². The first-order valence-corrected chi connectivity index (χ1v) is 4.52. The predicted molar refractivity (Wildman–Crippen MR) is 50.7 cm³/mol. The second-order valence-corrected chi connectivity index (χ2v) is 3.87. The minimum Gasteiger partial charge on any atom is -0.328 e. The fourth-order valence-corrected chi connectivity index (χ4v) is 0.758. The monoisotopic (exact) mass is 159 g/mol. The molecule has 68 valence electrons. The maximum atomic E-state index is 2.36. The van der Waals surface area contributed by atoms with E-state index in [1.165, 1.54) is 19.6 Å². The lowest BCUT2D eigenvalue weighted by Crippen LogP contribution is -2.44. The van der Waals surface area contributed by atoms with E-state index in [-0.39, 0.29) is 0 Å². The number of quaternary nitrogens is 1. The van der Waals surface area contributed by atoms with Crippen LogP contribution in [0.2, 0.25) is 0 Å². The van der Waals surface area contributed by atoms with E-state index in [1.807, 2.05) is 0 Å². The molecule has 2 nitrogen and oxygen atoms in total. The first kappa shape index (κ1) is 10.9. The number of rotatable bonds is 5. The maximum Gasteiger partial charge on any atom is 0.0911 e. The Morgan fingerprint density at radius 2 is 1.73 bits per heavy atom. The molecule has 0 saturated heterocycles. The molecule has 0 rings (SSSR count). The van der Waals surface area contributed by atoms with Gasteiger partial charge in [0.2, 0.25) is 0 Å². The maximum absolute atomic E-state index is 2.36. The normalized spacial score (nSPS) is 12.5. The van der Waals surface area contributed by atoms with Crippen LogP contribution in [-0.2, 0) is 0 Å². The van der Waals surface area contributed by atoms with Crippen LogP contribution < -0.4 is 0 Å². The van der Waals surface area contributed by atoms with Gasteiger partial charge in [-0.05, 0) is 20.5 Å². The fraction of sp³-hybridized carbons (Fsp3) is 1.00. The largest absolute Gasteiger partial charge is 0.328 e. The van der Waals surface area contributed by atoms with Gasteiger partial charge in [-0.1, -0.05) is 6.92 Å². The van der Waals surface area contributed by atoms with E-state index in [4.69, 9.17) is 0 Å². The van der Waals surface area contributed by atoms with E-state index in [0.29, 0.717) is 0 Å². The molecule has 0 amide bonds. The van der Waals surface area contributed by atoms with Gasteiger partial charge in [-0.15, -0.1) is 0 Å². The van der Waals surface area contributed by atoms with Gasteiger partial charge in [0.05, 0.1) is 27.2 Å². The SMILES string of the molecule is CCN(C)CC[N+](C)(C)CC. The van der Waals surface area contributed by atoms with Gasteiger partial charge >= 0.3 is 0 Å². The molecule has 0 saturated carbocycles. The lowest BCUT2D eigenvalue weighted by Gasteiger charge is -2.30. The molecule has 0 aliphatic carbocycles. The smallest absolute Gasteiger partial charge is 0.0911 e. The Bertz CT molecular complexity index is 99.7. The Labute approximate surface area is 71.4 Å². The van der Waals surface area contributed by atoms with E-state index in [1.54, 1.807) is 0 Å². The zero-order chi connectivity index (χ0) is 8.91. The van der Waals surface area contributed by atoms with Gasteiger partial charge in [-0.3, -0.25) is 0 Å². The molecule has 0 spiro atoms. The van der Waals surface area contributed by atoms with Gasteiger partial charge in [0, 0.05) is 6.54 Å². The predicted octanol–water partition coefficient (Wildman–Crippen LogP) is 1.03. The van der Waals surface area contributed by atoms with Crippen LogP contribution in [0, 0.1) is 0 Å². The highest BCUT2D eigenvalue weighted by atomic mass is 15.3. The van der Waals surface area contributed by atoms with Crippen LogP contribution >= 0.6 is 0 Å². The van der Waals surface area contributed by atoms with Crippen molar-refractivity contribution >= 4 is 0 Å². The Kier molecular flexibility index (Phi) is 4.69. The zero-order valence-electron chi connectivity index (χ0n) is 8.72. The van der Waals surface area contributed by atoms with Crippen LogP contribution in [-0.4, -0.2) is 56.7 Å². The van der Waals surface area contributed by atoms with Gasteiger partial charge in [-0.25, -0.2) is 0 Å². The Hall–Kier alpha value is -0.0800. The van der Waals surface area contributed by atoms with Crippen molar-refractivity contribution in [3.63, 3.8) is 0 Å². The van der Waals surface area contributed by atoms with Crippen LogP contribution in [0.5, 0.6) is 0 Å². The topological polar surface area (TPSA) is 3.24 Å². The van der Waals surface area contributed by atoms with Crippen LogP contribution in [0.4, 0.5) is 0 Å². The van der Waals surface area contributed by atoms with Crippen LogP contribution in [0.25, 0.3) is 0 Å². The van der Waals surface area contributed by atoms with Crippen molar-refractivity contribution in [3.8, 4) is 0 Å². The molecule has 0 unspecified atom stereocenters. The average molecular weight is 159 g/mol. The van der Waals surface area contributed by atoms with Crippen molar-refractivity contribution in [2.45, 2.75) is 13.8 Å². The number of hydrogen-bond acceptors (Lipinski definition) is 1. The molecule has 0 radical (unpaired) electrons. The molecule has 11 heavy (non-hydrogen) atoms. The summed E-state index contributed by atoms with van der Waals surface area (Å²) in [6.07, 6.45) is 0. The Morgan fingerprint density at radius 1 is 1.18 bits per heavy atom. The molecule has 0 fully saturated rings. The van der Waals surface area contributed by atoms with Crippen molar-refractivity contribution < 1.29 is 4.48 Å². The van der Waals surface area contributed by atoms with Crippen LogP contribution in [0.1, 0.15) is 13.8 Å². The first-order valence-electron chi connectivity index (χ1n) is 4.52. The summed E-state index contributed by atoms with van der Waals surface area (Å²) in [6.45, 7) is 9.28. The first-order chi connectivity index (χ1) is 5.02. The standard InChI is InChI=1S/C9H23N2/c1-6-10(3)8-9-11(4,5)7-2/h6-9H2,1-5H3/q+1. The van der Waals surface area contributed by atoms with Crippen LogP contribution in [0.15, 0.2) is 0 Å². The molecular formula is C9H23N2+. The molecule has 0 N–H and O–H groups in total. The van der Waals surface area contributed by atoms with Gasteiger partial charge in [0.15, 0.2) is 0 Å². The molecule has 0 atom stereocenters. The van der Waals surface area contributed by atoms with E-state index >= 15 is 0 Å². The van der Waals surface area contributed by atoms with Gasteiger partial charge in [-0.2, -0.15) is 0 Å². The second-order valence-electron chi connectivity index (χ2n) is 3.87. The van der Waals surface area contributed by atoms with E-state index < -0.39 is 0 Å². The minimum atomic E-state index is 1.13. The van der Waals surface area contributed by atoms with Crippen molar-refractivity contribution in [3.05, 3.63) is 0 Å². The quantitative estimate of drug-likeness (QED) is 0.542. The lowest BCUT2D eigenvalue weighted by molar-refractivity contribution is -0.888. The molecule has 0 bridgehead atoms. The molecule has 0 heterocycles. The van der Waals surface area contributed by atoms with Gasteiger partial charge < -0.3 is 9.38 Å². The third-order valence-corrected chi connectivity index (χ3v) is 2.48.